The standard InChI is InChI=1S/C27H29N9O2/c1-34-24-8-9-35(15-23(24)31-33-34)25(37)16-36-14-22(26(32-36)38-21-6-7-21)19-12-28-27(29-13-19)30-20-10-17-4-2-3-5-18(17)11-20/h2-5,12-14,20-21H,6-11,15-16H2,1H3,(H,28,29,30). The van der Waals surface area contributed by atoms with Crippen molar-refractivity contribution in [1.82, 2.24) is 39.6 Å². The summed E-state index contributed by atoms with van der Waals surface area (Å²) in [6, 6.07) is 8.82. The first-order valence-electron chi connectivity index (χ1n) is 13.1. The molecule has 7 rings (SSSR count). The number of anilines is 1. The first-order valence-corrected chi connectivity index (χ1v) is 13.1. The molecule has 0 radical (unpaired) electrons. The number of aryl methyl sites for hydroxylation is 1. The summed E-state index contributed by atoms with van der Waals surface area (Å²) in [7, 11) is 1.89. The van der Waals surface area contributed by atoms with Crippen molar-refractivity contribution in [3.63, 3.8) is 0 Å². The normalized spacial score (nSPS) is 16.8. The zero-order chi connectivity index (χ0) is 25.6. The number of nitrogens with one attached hydrogen (secondary N) is 1. The molecule has 0 spiro atoms. The summed E-state index contributed by atoms with van der Waals surface area (Å²) < 4.78 is 9.53. The fraction of sp³-hybridized carbons (Fsp3) is 0.407. The minimum absolute atomic E-state index is 0.0123. The van der Waals surface area contributed by atoms with Gasteiger partial charge in [0.1, 0.15) is 18.3 Å². The van der Waals surface area contributed by atoms with Gasteiger partial charge in [-0.3, -0.25) is 14.2 Å². The van der Waals surface area contributed by atoms with Crippen LogP contribution in [0.3, 0.4) is 0 Å². The number of ether oxygens (including phenoxy) is 1. The lowest BCUT2D eigenvalue weighted by Gasteiger charge is -2.26. The molecule has 11 heteroatoms. The summed E-state index contributed by atoms with van der Waals surface area (Å²) in [5.74, 6) is 1.11. The number of benzene rings is 1. The highest BCUT2D eigenvalue weighted by atomic mass is 16.5. The molecule has 1 aromatic carbocycles. The molecule has 3 aliphatic rings. The van der Waals surface area contributed by atoms with Crippen molar-refractivity contribution in [3.05, 3.63) is 65.4 Å². The molecule has 1 amide bonds. The summed E-state index contributed by atoms with van der Waals surface area (Å²) >= 11 is 0. The zero-order valence-electron chi connectivity index (χ0n) is 21.2. The van der Waals surface area contributed by atoms with E-state index in [4.69, 9.17) is 4.74 Å². The average Bonchev–Trinajstić information content (AvgIpc) is 3.34. The van der Waals surface area contributed by atoms with Crippen LogP contribution in [-0.4, -0.2) is 64.2 Å². The number of carbonyl (C=O) groups excluding carboxylic acids is 1. The highest BCUT2D eigenvalue weighted by Crippen LogP contribution is 2.34. The van der Waals surface area contributed by atoms with E-state index >= 15 is 0 Å². The smallest absolute Gasteiger partial charge is 0.244 e. The molecule has 3 aromatic heterocycles. The molecule has 1 fully saturated rings. The Balaban J connectivity index is 1.05. The van der Waals surface area contributed by atoms with Gasteiger partial charge in [0.2, 0.25) is 17.7 Å². The predicted octanol–water partition coefficient (Wildman–Crippen LogP) is 2.17. The van der Waals surface area contributed by atoms with Crippen molar-refractivity contribution >= 4 is 11.9 Å². The molecule has 4 aromatic rings. The third kappa shape index (κ3) is 4.48. The van der Waals surface area contributed by atoms with E-state index in [0.29, 0.717) is 24.9 Å². The van der Waals surface area contributed by atoms with E-state index in [1.165, 1.54) is 11.1 Å². The SMILES string of the molecule is Cn1nnc2c1CCN(C(=O)Cn1cc(-c3cnc(NC4Cc5ccccc5C4)nc3)c(OC3CC3)n1)C2. The maximum atomic E-state index is 13.1. The highest BCUT2D eigenvalue weighted by molar-refractivity contribution is 5.76. The Morgan fingerprint density at radius 3 is 2.63 bits per heavy atom. The van der Waals surface area contributed by atoms with Gasteiger partial charge < -0.3 is 15.0 Å². The Morgan fingerprint density at radius 2 is 1.89 bits per heavy atom. The largest absolute Gasteiger partial charge is 0.473 e. The quantitative estimate of drug-likeness (QED) is 0.401. The lowest BCUT2D eigenvalue weighted by molar-refractivity contribution is -0.133. The van der Waals surface area contributed by atoms with Crippen LogP contribution < -0.4 is 10.1 Å². The Morgan fingerprint density at radius 1 is 1.13 bits per heavy atom. The Kier molecular flexibility index (Phi) is 5.56. The summed E-state index contributed by atoms with van der Waals surface area (Å²) in [6.45, 7) is 1.23. The molecule has 2 aliphatic carbocycles. The van der Waals surface area contributed by atoms with Gasteiger partial charge in [0.25, 0.3) is 0 Å². The van der Waals surface area contributed by atoms with Crippen molar-refractivity contribution in [2.75, 3.05) is 11.9 Å². The monoisotopic (exact) mass is 511 g/mol. The summed E-state index contributed by atoms with van der Waals surface area (Å²) in [5, 5.41) is 16.4. The molecule has 0 bridgehead atoms. The molecular weight excluding hydrogens is 482 g/mol. The number of rotatable bonds is 7. The Bertz CT molecular complexity index is 1460. The van der Waals surface area contributed by atoms with E-state index in [2.05, 4.69) is 55.0 Å². The van der Waals surface area contributed by atoms with E-state index in [0.717, 1.165) is 54.6 Å². The third-order valence-electron chi connectivity index (χ3n) is 7.51. The average molecular weight is 512 g/mol. The summed E-state index contributed by atoms with van der Waals surface area (Å²) in [5.41, 5.74) is 6.31. The van der Waals surface area contributed by atoms with Gasteiger partial charge in [-0.25, -0.2) is 9.97 Å². The van der Waals surface area contributed by atoms with Crippen molar-refractivity contribution in [3.8, 4) is 17.0 Å². The number of aromatic nitrogens is 7. The molecule has 0 unspecified atom stereocenters. The van der Waals surface area contributed by atoms with Gasteiger partial charge in [0.05, 0.1) is 17.8 Å². The van der Waals surface area contributed by atoms with Crippen LogP contribution in [0.1, 0.15) is 35.4 Å². The summed E-state index contributed by atoms with van der Waals surface area (Å²) in [6.07, 6.45) is 10.3. The molecule has 194 valence electrons. The maximum Gasteiger partial charge on any atom is 0.244 e. The molecule has 0 saturated heterocycles. The Hall–Kier alpha value is -4.28. The number of carbonyl (C=O) groups is 1. The van der Waals surface area contributed by atoms with E-state index in [1.807, 2.05) is 18.1 Å². The van der Waals surface area contributed by atoms with Crippen LogP contribution in [0, 0.1) is 0 Å². The lowest BCUT2D eigenvalue weighted by Crippen LogP contribution is -2.38. The molecule has 38 heavy (non-hydrogen) atoms. The van der Waals surface area contributed by atoms with Gasteiger partial charge in [-0.2, -0.15) is 0 Å². The van der Waals surface area contributed by atoms with Crippen molar-refractivity contribution in [1.29, 1.82) is 0 Å². The lowest BCUT2D eigenvalue weighted by atomic mass is 10.1. The van der Waals surface area contributed by atoms with Crippen LogP contribution >= 0.6 is 0 Å². The predicted molar refractivity (Wildman–Crippen MR) is 138 cm³/mol. The van der Waals surface area contributed by atoms with Crippen molar-refractivity contribution in [2.45, 2.75) is 57.3 Å². The van der Waals surface area contributed by atoms with E-state index < -0.39 is 0 Å². The van der Waals surface area contributed by atoms with Crippen LogP contribution in [0.4, 0.5) is 5.95 Å². The Labute approximate surface area is 219 Å². The van der Waals surface area contributed by atoms with Gasteiger partial charge in [-0.05, 0) is 36.8 Å². The number of fused-ring (bicyclic) bond motifs is 2. The van der Waals surface area contributed by atoms with E-state index in [1.54, 1.807) is 21.8 Å². The van der Waals surface area contributed by atoms with Crippen LogP contribution in [0.2, 0.25) is 0 Å². The van der Waals surface area contributed by atoms with E-state index in [-0.39, 0.29) is 24.6 Å². The molecule has 11 nitrogen and oxygen atoms in total. The fourth-order valence-corrected chi connectivity index (χ4v) is 5.30. The van der Waals surface area contributed by atoms with Crippen LogP contribution in [0.5, 0.6) is 5.88 Å². The minimum Gasteiger partial charge on any atom is -0.473 e. The van der Waals surface area contributed by atoms with Crippen molar-refractivity contribution < 1.29 is 9.53 Å². The van der Waals surface area contributed by atoms with Gasteiger partial charge in [-0.15, -0.1) is 10.2 Å². The second kappa shape index (κ2) is 9.23. The summed E-state index contributed by atoms with van der Waals surface area (Å²) in [4.78, 5) is 24.1. The molecule has 1 aliphatic heterocycles. The molecular formula is C27H29N9O2. The maximum absolute atomic E-state index is 13.1. The topological polar surface area (TPSA) is 116 Å². The zero-order valence-corrected chi connectivity index (χ0v) is 21.2. The highest BCUT2D eigenvalue weighted by Gasteiger charge is 2.29. The van der Waals surface area contributed by atoms with Gasteiger partial charge in [-0.1, -0.05) is 29.5 Å². The van der Waals surface area contributed by atoms with Crippen LogP contribution in [0.25, 0.3) is 11.1 Å². The first kappa shape index (κ1) is 22.9. The molecule has 0 atom stereocenters. The second-order valence-electron chi connectivity index (χ2n) is 10.3. The second-order valence-corrected chi connectivity index (χ2v) is 10.3. The van der Waals surface area contributed by atoms with Crippen LogP contribution in [0.15, 0.2) is 42.9 Å². The number of hydrogen-bond acceptors (Lipinski definition) is 8. The van der Waals surface area contributed by atoms with Gasteiger partial charge >= 0.3 is 0 Å². The van der Waals surface area contributed by atoms with Crippen LogP contribution in [-0.2, 0) is 44.2 Å². The first-order chi connectivity index (χ1) is 18.6. The minimum atomic E-state index is -0.0123. The fourth-order valence-electron chi connectivity index (χ4n) is 5.30. The molecule has 1 N–H and O–H groups in total. The van der Waals surface area contributed by atoms with E-state index in [9.17, 15) is 4.79 Å². The molecule has 4 heterocycles. The van der Waals surface area contributed by atoms with Gasteiger partial charge in [0, 0.05) is 50.2 Å². The number of nitrogens with zero attached hydrogens (tertiary/aromatic N) is 8. The third-order valence-corrected chi connectivity index (χ3v) is 7.51. The molecule has 1 saturated carbocycles. The van der Waals surface area contributed by atoms with Crippen molar-refractivity contribution in [2.24, 2.45) is 7.05 Å². The number of amides is 1. The number of hydrogen-bond donors (Lipinski definition) is 1. The van der Waals surface area contributed by atoms with Gasteiger partial charge in [0.15, 0.2) is 0 Å².